The molecule has 3 rings (SSSR count). The van der Waals surface area contributed by atoms with Gasteiger partial charge in [0.2, 0.25) is 5.89 Å². The topological polar surface area (TPSA) is 52.1 Å². The molecule has 0 saturated heterocycles. The Hall–Kier alpha value is -2.07. The monoisotopic (exact) mass is 302 g/mol. The molecule has 0 amide bonds. The molecule has 0 unspecified atom stereocenters. The highest BCUT2D eigenvalue weighted by molar-refractivity contribution is 6.16. The Balaban J connectivity index is 1.73. The predicted octanol–water partition coefficient (Wildman–Crippen LogP) is 4.16. The summed E-state index contributed by atoms with van der Waals surface area (Å²) in [6.45, 7) is 1.93. The summed E-state index contributed by atoms with van der Waals surface area (Å²) >= 11 is 5.70. The van der Waals surface area contributed by atoms with Gasteiger partial charge in [0.25, 0.3) is 0 Å². The second kappa shape index (κ2) is 6.14. The van der Waals surface area contributed by atoms with Crippen LogP contribution in [0.3, 0.4) is 0 Å². The van der Waals surface area contributed by atoms with Crippen molar-refractivity contribution in [3.8, 4) is 11.5 Å². The van der Waals surface area contributed by atoms with Crippen LogP contribution in [0.1, 0.15) is 23.0 Å². The van der Waals surface area contributed by atoms with Crippen LogP contribution >= 0.6 is 11.6 Å². The fraction of sp³-hybridized carbons (Fsp3) is 0.250. The Labute approximate surface area is 127 Å². The van der Waals surface area contributed by atoms with Gasteiger partial charge in [0, 0.05) is 18.4 Å². The number of aromatic nitrogens is 2. The number of oxazole rings is 2. The van der Waals surface area contributed by atoms with E-state index in [2.05, 4.69) is 9.97 Å². The highest BCUT2D eigenvalue weighted by Gasteiger charge is 2.12. The summed E-state index contributed by atoms with van der Waals surface area (Å²) in [6, 6.07) is 9.87. The van der Waals surface area contributed by atoms with Crippen LogP contribution in [0.2, 0.25) is 0 Å². The molecule has 2 heterocycles. The zero-order valence-corrected chi connectivity index (χ0v) is 12.4. The van der Waals surface area contributed by atoms with Crippen molar-refractivity contribution in [2.45, 2.75) is 25.6 Å². The van der Waals surface area contributed by atoms with Gasteiger partial charge in [-0.05, 0) is 19.1 Å². The molecule has 0 bridgehead atoms. The van der Waals surface area contributed by atoms with Crippen LogP contribution in [0.4, 0.5) is 0 Å². The molecular weight excluding hydrogens is 288 g/mol. The van der Waals surface area contributed by atoms with Gasteiger partial charge in [-0.25, -0.2) is 9.97 Å². The predicted molar refractivity (Wildman–Crippen MR) is 80.1 cm³/mol. The van der Waals surface area contributed by atoms with E-state index in [0.717, 1.165) is 29.1 Å². The van der Waals surface area contributed by atoms with Gasteiger partial charge < -0.3 is 8.83 Å². The molecule has 0 saturated carbocycles. The van der Waals surface area contributed by atoms with Crippen molar-refractivity contribution in [1.82, 2.24) is 9.97 Å². The summed E-state index contributed by atoms with van der Waals surface area (Å²) < 4.78 is 11.1. The first kappa shape index (κ1) is 13.9. The van der Waals surface area contributed by atoms with Gasteiger partial charge in [0.15, 0.2) is 5.89 Å². The number of rotatable bonds is 5. The summed E-state index contributed by atoms with van der Waals surface area (Å²) in [4.78, 5) is 8.84. The maximum Gasteiger partial charge on any atom is 0.226 e. The van der Waals surface area contributed by atoms with Crippen LogP contribution in [0, 0.1) is 6.92 Å². The number of nitrogens with zero attached hydrogens (tertiary/aromatic N) is 2. The maximum atomic E-state index is 5.73. The first-order valence-electron chi connectivity index (χ1n) is 6.77. The van der Waals surface area contributed by atoms with Crippen molar-refractivity contribution in [1.29, 1.82) is 0 Å². The minimum atomic E-state index is 0.366. The largest absolute Gasteiger partial charge is 0.449 e. The van der Waals surface area contributed by atoms with Crippen LogP contribution in [0.15, 0.2) is 45.4 Å². The first-order chi connectivity index (χ1) is 10.3. The van der Waals surface area contributed by atoms with Gasteiger partial charge >= 0.3 is 0 Å². The quantitative estimate of drug-likeness (QED) is 0.664. The molecule has 4 nitrogen and oxygen atoms in total. The average Bonchev–Trinajstić information content (AvgIpc) is 3.12. The Kier molecular flexibility index (Phi) is 4.06. The standard InChI is InChI=1S/C16H15ClN2O2/c1-11-14(7-8-15-18-13(9-17)10-20-15)19-16(21-11)12-5-3-2-4-6-12/h2-6,10H,7-9H2,1H3. The van der Waals surface area contributed by atoms with E-state index in [4.69, 9.17) is 20.4 Å². The summed E-state index contributed by atoms with van der Waals surface area (Å²) in [6.07, 6.45) is 3.00. The van der Waals surface area contributed by atoms with Crippen LogP contribution in [-0.4, -0.2) is 9.97 Å². The van der Waals surface area contributed by atoms with Crippen molar-refractivity contribution >= 4 is 11.6 Å². The van der Waals surface area contributed by atoms with E-state index in [-0.39, 0.29) is 0 Å². The van der Waals surface area contributed by atoms with E-state index >= 15 is 0 Å². The molecule has 0 spiro atoms. The number of aryl methyl sites for hydroxylation is 3. The Morgan fingerprint density at radius 3 is 2.62 bits per heavy atom. The molecule has 0 radical (unpaired) electrons. The highest BCUT2D eigenvalue weighted by atomic mass is 35.5. The fourth-order valence-corrected chi connectivity index (χ4v) is 2.24. The van der Waals surface area contributed by atoms with Crippen molar-refractivity contribution in [3.05, 3.63) is 59.6 Å². The fourth-order valence-electron chi connectivity index (χ4n) is 2.11. The van der Waals surface area contributed by atoms with Crippen molar-refractivity contribution in [2.75, 3.05) is 0 Å². The molecule has 2 aromatic heterocycles. The number of hydrogen-bond acceptors (Lipinski definition) is 4. The van der Waals surface area contributed by atoms with Crippen molar-refractivity contribution < 1.29 is 8.83 Å². The van der Waals surface area contributed by atoms with Crippen molar-refractivity contribution in [2.24, 2.45) is 0 Å². The van der Waals surface area contributed by atoms with Gasteiger partial charge in [-0.15, -0.1) is 11.6 Å². The normalized spacial score (nSPS) is 11.0. The van der Waals surface area contributed by atoms with E-state index in [1.54, 1.807) is 6.26 Å². The van der Waals surface area contributed by atoms with Gasteiger partial charge in [-0.2, -0.15) is 0 Å². The third kappa shape index (κ3) is 3.16. The average molecular weight is 303 g/mol. The molecule has 0 N–H and O–H groups in total. The first-order valence-corrected chi connectivity index (χ1v) is 7.30. The van der Waals surface area contributed by atoms with Gasteiger partial charge in [-0.3, -0.25) is 0 Å². The van der Waals surface area contributed by atoms with E-state index in [9.17, 15) is 0 Å². The number of halogens is 1. The molecule has 1 aromatic carbocycles. The lowest BCUT2D eigenvalue weighted by molar-refractivity contribution is 0.491. The third-order valence-corrected chi connectivity index (χ3v) is 3.50. The van der Waals surface area contributed by atoms with Crippen molar-refractivity contribution in [3.63, 3.8) is 0 Å². The Bertz CT molecular complexity index is 719. The van der Waals surface area contributed by atoms with Crippen LogP contribution < -0.4 is 0 Å². The van der Waals surface area contributed by atoms with Crippen LogP contribution in [-0.2, 0) is 18.7 Å². The number of benzene rings is 1. The van der Waals surface area contributed by atoms with Gasteiger partial charge in [-0.1, -0.05) is 18.2 Å². The second-order valence-corrected chi connectivity index (χ2v) is 5.02. The van der Waals surface area contributed by atoms with E-state index in [1.165, 1.54) is 0 Å². The molecule has 3 aromatic rings. The molecule has 108 valence electrons. The molecule has 21 heavy (non-hydrogen) atoms. The Morgan fingerprint density at radius 2 is 1.90 bits per heavy atom. The molecule has 0 fully saturated rings. The summed E-state index contributed by atoms with van der Waals surface area (Å²) in [5.74, 6) is 2.52. The lowest BCUT2D eigenvalue weighted by Gasteiger charge is -1.93. The van der Waals surface area contributed by atoms with E-state index in [0.29, 0.717) is 24.1 Å². The summed E-state index contributed by atoms with van der Waals surface area (Å²) in [7, 11) is 0. The minimum absolute atomic E-state index is 0.366. The molecule has 0 atom stereocenters. The minimum Gasteiger partial charge on any atom is -0.449 e. The smallest absolute Gasteiger partial charge is 0.226 e. The molecule has 0 aliphatic carbocycles. The highest BCUT2D eigenvalue weighted by Crippen LogP contribution is 2.22. The Morgan fingerprint density at radius 1 is 1.10 bits per heavy atom. The van der Waals surface area contributed by atoms with Crippen LogP contribution in [0.5, 0.6) is 0 Å². The van der Waals surface area contributed by atoms with Gasteiger partial charge in [0.1, 0.15) is 12.0 Å². The molecular formula is C16H15ClN2O2. The zero-order valence-electron chi connectivity index (χ0n) is 11.7. The van der Waals surface area contributed by atoms with Gasteiger partial charge in [0.05, 0.1) is 17.3 Å². The zero-order chi connectivity index (χ0) is 14.7. The summed E-state index contributed by atoms with van der Waals surface area (Å²) in [5.41, 5.74) is 2.67. The second-order valence-electron chi connectivity index (χ2n) is 4.75. The third-order valence-electron chi connectivity index (χ3n) is 3.23. The number of alkyl halides is 1. The van der Waals surface area contributed by atoms with Crippen LogP contribution in [0.25, 0.3) is 11.5 Å². The van der Waals surface area contributed by atoms with E-state index in [1.807, 2.05) is 37.3 Å². The summed E-state index contributed by atoms with van der Waals surface area (Å²) in [5, 5.41) is 0. The lowest BCUT2D eigenvalue weighted by atomic mass is 10.2. The van der Waals surface area contributed by atoms with E-state index < -0.39 is 0 Å². The SMILES string of the molecule is Cc1oc(-c2ccccc2)nc1CCc1nc(CCl)co1. The maximum absolute atomic E-state index is 5.73. The number of hydrogen-bond donors (Lipinski definition) is 0. The molecule has 0 aliphatic heterocycles. The molecule has 0 aliphatic rings. The molecule has 5 heteroatoms. The lowest BCUT2D eigenvalue weighted by Crippen LogP contribution is -1.94.